The smallest absolute Gasteiger partial charge is 0.0594 e. The van der Waals surface area contributed by atoms with Crippen molar-refractivity contribution < 1.29 is 4.74 Å². The van der Waals surface area contributed by atoms with Crippen LogP contribution in [0.15, 0.2) is 24.3 Å². The SMILES string of the molecule is Cc1[nH]c2ccccc2c1C(C1CCCCC1)N1CCOCC1. The molecule has 1 N–H and O–H groups in total. The highest BCUT2D eigenvalue weighted by Gasteiger charge is 2.33. The van der Waals surface area contributed by atoms with Crippen LogP contribution >= 0.6 is 0 Å². The molecule has 3 nitrogen and oxygen atoms in total. The van der Waals surface area contributed by atoms with Gasteiger partial charge in [0.25, 0.3) is 0 Å². The summed E-state index contributed by atoms with van der Waals surface area (Å²) in [5.41, 5.74) is 4.19. The normalized spacial score (nSPS) is 22.5. The minimum Gasteiger partial charge on any atom is -0.379 e. The number of aryl methyl sites for hydroxylation is 1. The first-order valence-corrected chi connectivity index (χ1v) is 9.23. The van der Waals surface area contributed by atoms with E-state index in [-0.39, 0.29) is 0 Å². The summed E-state index contributed by atoms with van der Waals surface area (Å²) in [4.78, 5) is 6.32. The van der Waals surface area contributed by atoms with Gasteiger partial charge in [-0.15, -0.1) is 0 Å². The predicted molar refractivity (Wildman–Crippen MR) is 94.7 cm³/mol. The molecule has 23 heavy (non-hydrogen) atoms. The topological polar surface area (TPSA) is 28.3 Å². The lowest BCUT2D eigenvalue weighted by Crippen LogP contribution is -2.42. The molecule has 0 radical (unpaired) electrons. The van der Waals surface area contributed by atoms with Gasteiger partial charge in [-0.3, -0.25) is 4.90 Å². The summed E-state index contributed by atoms with van der Waals surface area (Å²) >= 11 is 0. The second-order valence-electron chi connectivity index (χ2n) is 7.20. The first-order chi connectivity index (χ1) is 11.3. The lowest BCUT2D eigenvalue weighted by Gasteiger charge is -2.41. The summed E-state index contributed by atoms with van der Waals surface area (Å²) < 4.78 is 5.62. The molecule has 0 amide bonds. The summed E-state index contributed by atoms with van der Waals surface area (Å²) in [7, 11) is 0. The molecule has 0 spiro atoms. The monoisotopic (exact) mass is 312 g/mol. The summed E-state index contributed by atoms with van der Waals surface area (Å²) in [6.07, 6.45) is 6.96. The quantitative estimate of drug-likeness (QED) is 0.908. The van der Waals surface area contributed by atoms with Gasteiger partial charge in [0.05, 0.1) is 13.2 Å². The highest BCUT2D eigenvalue weighted by Crippen LogP contribution is 2.42. The Kier molecular flexibility index (Phi) is 4.41. The molecule has 1 unspecified atom stereocenters. The first kappa shape index (κ1) is 15.2. The summed E-state index contributed by atoms with van der Waals surface area (Å²) in [5, 5.41) is 1.42. The molecule has 4 rings (SSSR count). The number of aromatic amines is 1. The van der Waals surface area contributed by atoms with Gasteiger partial charge in [0.1, 0.15) is 0 Å². The van der Waals surface area contributed by atoms with Gasteiger partial charge in [-0.1, -0.05) is 37.5 Å². The third-order valence-electron chi connectivity index (χ3n) is 5.77. The van der Waals surface area contributed by atoms with Crippen LogP contribution in [0.4, 0.5) is 0 Å². The first-order valence-electron chi connectivity index (χ1n) is 9.23. The number of rotatable bonds is 3. The molecular weight excluding hydrogens is 284 g/mol. The Morgan fingerprint density at radius 1 is 1.09 bits per heavy atom. The van der Waals surface area contributed by atoms with Crippen LogP contribution in [0.25, 0.3) is 10.9 Å². The van der Waals surface area contributed by atoms with Crippen LogP contribution in [-0.2, 0) is 4.74 Å². The zero-order chi connectivity index (χ0) is 15.6. The van der Waals surface area contributed by atoms with E-state index in [1.165, 1.54) is 48.7 Å². The molecule has 1 saturated heterocycles. The van der Waals surface area contributed by atoms with Crippen molar-refractivity contribution in [2.45, 2.75) is 45.1 Å². The van der Waals surface area contributed by atoms with E-state index in [9.17, 15) is 0 Å². The molecule has 124 valence electrons. The molecule has 2 aromatic rings. The van der Waals surface area contributed by atoms with Crippen molar-refractivity contribution >= 4 is 10.9 Å². The largest absolute Gasteiger partial charge is 0.379 e. The average Bonchev–Trinajstić information content (AvgIpc) is 2.94. The van der Waals surface area contributed by atoms with Crippen LogP contribution < -0.4 is 0 Å². The van der Waals surface area contributed by atoms with E-state index in [0.717, 1.165) is 32.2 Å². The van der Waals surface area contributed by atoms with E-state index in [1.54, 1.807) is 5.56 Å². The van der Waals surface area contributed by atoms with E-state index in [4.69, 9.17) is 4.74 Å². The van der Waals surface area contributed by atoms with Crippen molar-refractivity contribution in [2.24, 2.45) is 5.92 Å². The van der Waals surface area contributed by atoms with Crippen molar-refractivity contribution in [3.05, 3.63) is 35.5 Å². The fourth-order valence-electron chi connectivity index (χ4n) is 4.70. The number of aromatic nitrogens is 1. The molecule has 1 aliphatic carbocycles. The van der Waals surface area contributed by atoms with Gasteiger partial charge in [0.2, 0.25) is 0 Å². The van der Waals surface area contributed by atoms with Crippen LogP contribution in [0.2, 0.25) is 0 Å². The van der Waals surface area contributed by atoms with Crippen LogP contribution in [0, 0.1) is 12.8 Å². The van der Waals surface area contributed by atoms with Gasteiger partial charge in [-0.05, 0) is 37.3 Å². The molecule has 1 aromatic carbocycles. The van der Waals surface area contributed by atoms with E-state index < -0.39 is 0 Å². The standard InChI is InChI=1S/C20H28N2O/c1-15-19(17-9-5-6-10-18(17)21-15)20(16-7-3-2-4-8-16)22-11-13-23-14-12-22/h5-6,9-10,16,20-21H,2-4,7-8,11-14H2,1H3. The van der Waals surface area contributed by atoms with Crippen LogP contribution in [-0.4, -0.2) is 36.2 Å². The number of nitrogens with one attached hydrogen (secondary N) is 1. The Labute approximate surface area is 139 Å². The zero-order valence-electron chi connectivity index (χ0n) is 14.2. The maximum Gasteiger partial charge on any atom is 0.0594 e. The molecule has 1 aliphatic heterocycles. The lowest BCUT2D eigenvalue weighted by atomic mass is 9.79. The minimum absolute atomic E-state index is 0.551. The van der Waals surface area contributed by atoms with Gasteiger partial charge < -0.3 is 9.72 Å². The minimum atomic E-state index is 0.551. The number of para-hydroxylation sites is 1. The molecule has 1 atom stereocenters. The molecule has 0 bridgehead atoms. The number of benzene rings is 1. The maximum atomic E-state index is 5.62. The third kappa shape index (κ3) is 2.92. The second kappa shape index (κ2) is 6.66. The van der Waals surface area contributed by atoms with E-state index in [1.807, 2.05) is 0 Å². The molecule has 2 heterocycles. The number of fused-ring (bicyclic) bond motifs is 1. The lowest BCUT2D eigenvalue weighted by molar-refractivity contribution is -0.00290. The fourth-order valence-corrected chi connectivity index (χ4v) is 4.70. The van der Waals surface area contributed by atoms with Gasteiger partial charge >= 0.3 is 0 Å². The Morgan fingerprint density at radius 3 is 2.61 bits per heavy atom. The molecule has 2 aliphatic rings. The van der Waals surface area contributed by atoms with E-state index >= 15 is 0 Å². The van der Waals surface area contributed by atoms with Crippen LogP contribution in [0.3, 0.4) is 0 Å². The predicted octanol–water partition coefficient (Wildman–Crippen LogP) is 4.43. The van der Waals surface area contributed by atoms with Crippen molar-refractivity contribution in [1.29, 1.82) is 0 Å². The third-order valence-corrected chi connectivity index (χ3v) is 5.77. The molecule has 3 heteroatoms. The Morgan fingerprint density at radius 2 is 1.83 bits per heavy atom. The molecular formula is C20H28N2O. The van der Waals surface area contributed by atoms with Crippen molar-refractivity contribution in [1.82, 2.24) is 9.88 Å². The Bertz CT molecular complexity index is 633. The number of hydrogen-bond acceptors (Lipinski definition) is 2. The molecule has 1 saturated carbocycles. The van der Waals surface area contributed by atoms with Crippen molar-refractivity contribution in [3.63, 3.8) is 0 Å². The molecule has 2 fully saturated rings. The van der Waals surface area contributed by atoms with Gasteiger partial charge in [0, 0.05) is 35.7 Å². The number of hydrogen-bond donors (Lipinski definition) is 1. The second-order valence-corrected chi connectivity index (χ2v) is 7.20. The fraction of sp³-hybridized carbons (Fsp3) is 0.600. The Hall–Kier alpha value is -1.32. The Balaban J connectivity index is 1.77. The number of morpholine rings is 1. The zero-order valence-corrected chi connectivity index (χ0v) is 14.2. The number of ether oxygens (including phenoxy) is 1. The summed E-state index contributed by atoms with van der Waals surface area (Å²) in [6, 6.07) is 9.37. The number of H-pyrrole nitrogens is 1. The summed E-state index contributed by atoms with van der Waals surface area (Å²) in [6.45, 7) is 6.15. The van der Waals surface area contributed by atoms with Crippen molar-refractivity contribution in [2.75, 3.05) is 26.3 Å². The van der Waals surface area contributed by atoms with E-state index in [0.29, 0.717) is 6.04 Å². The van der Waals surface area contributed by atoms with Gasteiger partial charge in [0.15, 0.2) is 0 Å². The summed E-state index contributed by atoms with van der Waals surface area (Å²) in [5.74, 6) is 0.791. The van der Waals surface area contributed by atoms with Crippen molar-refractivity contribution in [3.8, 4) is 0 Å². The number of nitrogens with zero attached hydrogens (tertiary/aromatic N) is 1. The average molecular weight is 312 g/mol. The van der Waals surface area contributed by atoms with Crippen LogP contribution in [0.1, 0.15) is 49.4 Å². The van der Waals surface area contributed by atoms with E-state index in [2.05, 4.69) is 41.1 Å². The highest BCUT2D eigenvalue weighted by molar-refractivity contribution is 5.85. The maximum absolute atomic E-state index is 5.62. The molecule has 1 aromatic heterocycles. The van der Waals surface area contributed by atoms with Gasteiger partial charge in [-0.25, -0.2) is 0 Å². The van der Waals surface area contributed by atoms with Gasteiger partial charge in [-0.2, -0.15) is 0 Å². The highest BCUT2D eigenvalue weighted by atomic mass is 16.5. The van der Waals surface area contributed by atoms with Crippen LogP contribution in [0.5, 0.6) is 0 Å².